The monoisotopic (exact) mass is 246 g/mol. The Labute approximate surface area is 103 Å². The first-order valence-corrected chi connectivity index (χ1v) is 5.65. The zero-order valence-corrected chi connectivity index (χ0v) is 9.80. The predicted molar refractivity (Wildman–Crippen MR) is 66.1 cm³/mol. The van der Waals surface area contributed by atoms with Gasteiger partial charge in [-0.25, -0.2) is 4.68 Å². The van der Waals surface area contributed by atoms with E-state index >= 15 is 0 Å². The largest absolute Gasteiger partial charge is 0.325 e. The third-order valence-electron chi connectivity index (χ3n) is 2.59. The van der Waals surface area contributed by atoms with Crippen LogP contribution < -0.4 is 11.3 Å². The third-order valence-corrected chi connectivity index (χ3v) is 2.59. The van der Waals surface area contributed by atoms with Crippen LogP contribution in [0.5, 0.6) is 0 Å². The first kappa shape index (κ1) is 12.3. The van der Waals surface area contributed by atoms with Crippen LogP contribution in [0.1, 0.15) is 22.6 Å². The highest BCUT2D eigenvalue weighted by molar-refractivity contribution is 5.78. The van der Waals surface area contributed by atoms with Gasteiger partial charge >= 0.3 is 0 Å². The lowest BCUT2D eigenvalue weighted by Crippen LogP contribution is -2.19. The van der Waals surface area contributed by atoms with Crippen LogP contribution in [0.15, 0.2) is 35.3 Å². The molecule has 94 valence electrons. The summed E-state index contributed by atoms with van der Waals surface area (Å²) in [6, 6.07) is 6.88. The van der Waals surface area contributed by atoms with E-state index in [2.05, 4.69) is 10.1 Å². The quantitative estimate of drug-likeness (QED) is 0.811. The summed E-state index contributed by atoms with van der Waals surface area (Å²) in [5, 5.41) is 2.44. The number of carbonyl (C=O) groups is 1. The fraction of sp³-hybridized carbons (Fsp3) is 0.250. The van der Waals surface area contributed by atoms with Gasteiger partial charge < -0.3 is 5.73 Å². The molecule has 0 aromatic carbocycles. The zero-order chi connectivity index (χ0) is 13.0. The smallest absolute Gasteiger partial charge is 0.264 e. The minimum absolute atomic E-state index is 0.147. The number of aromatic amines is 1. The van der Waals surface area contributed by atoms with Gasteiger partial charge in [-0.05, 0) is 18.6 Å². The highest BCUT2D eigenvalue weighted by Crippen LogP contribution is 2.02. The standard InChI is InChI=1S/C12H14N4O2/c13-8-10-7-11(17)15-16(10)12(18)5-4-9-3-1-2-6-14-9/h1-3,6-7H,4-5,8,13H2,(H,15,17). The summed E-state index contributed by atoms with van der Waals surface area (Å²) < 4.78 is 1.21. The fourth-order valence-electron chi connectivity index (χ4n) is 1.70. The number of rotatable bonds is 4. The lowest BCUT2D eigenvalue weighted by molar-refractivity contribution is 0.0882. The van der Waals surface area contributed by atoms with E-state index in [0.29, 0.717) is 12.1 Å². The summed E-state index contributed by atoms with van der Waals surface area (Å²) in [7, 11) is 0. The SMILES string of the molecule is NCc1cc(=O)[nH]n1C(=O)CCc1ccccn1. The second-order valence-corrected chi connectivity index (χ2v) is 3.87. The van der Waals surface area contributed by atoms with Crippen LogP contribution in [-0.4, -0.2) is 20.7 Å². The van der Waals surface area contributed by atoms with Gasteiger partial charge in [0.1, 0.15) is 0 Å². The maximum Gasteiger partial charge on any atom is 0.264 e. The number of hydrogen-bond acceptors (Lipinski definition) is 4. The molecule has 0 aliphatic carbocycles. The van der Waals surface area contributed by atoms with Crippen LogP contribution in [0.3, 0.4) is 0 Å². The number of nitrogens with one attached hydrogen (secondary N) is 1. The van der Waals surface area contributed by atoms with Gasteiger partial charge in [0.25, 0.3) is 5.56 Å². The number of pyridine rings is 1. The first-order valence-electron chi connectivity index (χ1n) is 5.65. The van der Waals surface area contributed by atoms with Gasteiger partial charge in [-0.2, -0.15) is 0 Å². The predicted octanol–water partition coefficient (Wildman–Crippen LogP) is 0.303. The number of hydrogen-bond donors (Lipinski definition) is 2. The molecule has 3 N–H and O–H groups in total. The Morgan fingerprint density at radius 2 is 2.28 bits per heavy atom. The molecule has 2 aromatic heterocycles. The van der Waals surface area contributed by atoms with Gasteiger partial charge in [0.05, 0.1) is 5.69 Å². The van der Waals surface area contributed by atoms with E-state index in [9.17, 15) is 9.59 Å². The average Bonchev–Trinajstić information content (AvgIpc) is 2.78. The van der Waals surface area contributed by atoms with Crippen molar-refractivity contribution < 1.29 is 4.79 Å². The Morgan fingerprint density at radius 1 is 1.44 bits per heavy atom. The van der Waals surface area contributed by atoms with Gasteiger partial charge in [0.2, 0.25) is 5.91 Å². The molecule has 0 aliphatic heterocycles. The highest BCUT2D eigenvalue weighted by atomic mass is 16.2. The van der Waals surface area contributed by atoms with E-state index in [1.54, 1.807) is 6.20 Å². The topological polar surface area (TPSA) is 93.8 Å². The third kappa shape index (κ3) is 2.72. The van der Waals surface area contributed by atoms with Gasteiger partial charge in [0.15, 0.2) is 0 Å². The van der Waals surface area contributed by atoms with E-state index in [1.165, 1.54) is 10.7 Å². The van der Waals surface area contributed by atoms with Crippen molar-refractivity contribution in [2.75, 3.05) is 0 Å². The van der Waals surface area contributed by atoms with Crippen LogP contribution in [0.4, 0.5) is 0 Å². The molecule has 2 rings (SSSR count). The molecule has 2 heterocycles. The molecule has 0 spiro atoms. The van der Waals surface area contributed by atoms with Crippen molar-refractivity contribution in [3.05, 3.63) is 52.2 Å². The zero-order valence-electron chi connectivity index (χ0n) is 9.80. The van der Waals surface area contributed by atoms with Gasteiger partial charge in [0, 0.05) is 30.9 Å². The minimum atomic E-state index is -0.318. The average molecular weight is 246 g/mol. The van der Waals surface area contributed by atoms with Gasteiger partial charge in [-0.1, -0.05) is 6.07 Å². The van der Waals surface area contributed by atoms with Crippen molar-refractivity contribution in [2.24, 2.45) is 5.73 Å². The van der Waals surface area contributed by atoms with Crippen molar-refractivity contribution in [1.29, 1.82) is 0 Å². The minimum Gasteiger partial charge on any atom is -0.325 e. The molecule has 0 amide bonds. The summed E-state index contributed by atoms with van der Waals surface area (Å²) in [5.74, 6) is -0.191. The lowest BCUT2D eigenvalue weighted by Gasteiger charge is -2.04. The number of aromatic nitrogens is 3. The van der Waals surface area contributed by atoms with E-state index in [1.807, 2.05) is 18.2 Å². The number of nitrogens with two attached hydrogens (primary N) is 1. The molecule has 6 nitrogen and oxygen atoms in total. The Balaban J connectivity index is 2.06. The molecule has 0 fully saturated rings. The number of nitrogens with zero attached hydrogens (tertiary/aromatic N) is 2. The van der Waals surface area contributed by atoms with E-state index in [4.69, 9.17) is 5.73 Å². The Kier molecular flexibility index (Phi) is 3.69. The summed E-state index contributed by atoms with van der Waals surface area (Å²) in [6.07, 6.45) is 2.49. The van der Waals surface area contributed by atoms with Crippen LogP contribution in [0.2, 0.25) is 0 Å². The molecule has 0 radical (unpaired) electrons. The molecule has 0 saturated heterocycles. The molecule has 0 unspecified atom stereocenters. The molecule has 6 heteroatoms. The van der Waals surface area contributed by atoms with Crippen LogP contribution in [0, 0.1) is 0 Å². The Hall–Kier alpha value is -2.21. The Morgan fingerprint density at radius 3 is 2.94 bits per heavy atom. The lowest BCUT2D eigenvalue weighted by atomic mass is 10.2. The second kappa shape index (κ2) is 5.42. The molecule has 0 atom stereocenters. The maximum atomic E-state index is 11.9. The highest BCUT2D eigenvalue weighted by Gasteiger charge is 2.11. The van der Waals surface area contributed by atoms with E-state index in [-0.39, 0.29) is 24.4 Å². The summed E-state index contributed by atoms with van der Waals surface area (Å²) in [6.45, 7) is 0.147. The van der Waals surface area contributed by atoms with E-state index in [0.717, 1.165) is 5.69 Å². The normalized spacial score (nSPS) is 10.5. The first-order chi connectivity index (χ1) is 8.70. The summed E-state index contributed by atoms with van der Waals surface area (Å²) in [5.41, 5.74) is 6.48. The van der Waals surface area contributed by atoms with Crippen LogP contribution in [-0.2, 0) is 13.0 Å². The second-order valence-electron chi connectivity index (χ2n) is 3.87. The molecule has 0 bridgehead atoms. The molecule has 2 aromatic rings. The molecular weight excluding hydrogens is 232 g/mol. The van der Waals surface area contributed by atoms with Crippen molar-refractivity contribution in [3.8, 4) is 0 Å². The van der Waals surface area contributed by atoms with Crippen molar-refractivity contribution >= 4 is 5.91 Å². The molecular formula is C12H14N4O2. The molecule has 0 aliphatic rings. The molecule has 18 heavy (non-hydrogen) atoms. The summed E-state index contributed by atoms with van der Waals surface area (Å²) in [4.78, 5) is 27.2. The van der Waals surface area contributed by atoms with Crippen LogP contribution >= 0.6 is 0 Å². The Bertz CT molecular complexity index is 586. The number of H-pyrrole nitrogens is 1. The van der Waals surface area contributed by atoms with Gasteiger partial charge in [-0.3, -0.25) is 19.7 Å². The fourth-order valence-corrected chi connectivity index (χ4v) is 1.70. The van der Waals surface area contributed by atoms with Crippen LogP contribution in [0.25, 0.3) is 0 Å². The number of aryl methyl sites for hydroxylation is 1. The molecule has 0 saturated carbocycles. The van der Waals surface area contributed by atoms with Crippen molar-refractivity contribution in [3.63, 3.8) is 0 Å². The van der Waals surface area contributed by atoms with Crippen molar-refractivity contribution in [2.45, 2.75) is 19.4 Å². The number of carbonyl (C=O) groups excluding carboxylic acids is 1. The van der Waals surface area contributed by atoms with Gasteiger partial charge in [-0.15, -0.1) is 0 Å². The summed E-state index contributed by atoms with van der Waals surface area (Å²) >= 11 is 0. The van der Waals surface area contributed by atoms with Crippen molar-refractivity contribution in [1.82, 2.24) is 14.8 Å². The van der Waals surface area contributed by atoms with E-state index < -0.39 is 0 Å². The maximum absolute atomic E-state index is 11.9.